The Balaban J connectivity index is 1.57. The highest BCUT2D eigenvalue weighted by molar-refractivity contribution is 6.31. The summed E-state index contributed by atoms with van der Waals surface area (Å²) in [7, 11) is 0. The second-order valence-electron chi connectivity index (χ2n) is 5.53. The van der Waals surface area contributed by atoms with Gasteiger partial charge in [-0.2, -0.15) is 0 Å². The van der Waals surface area contributed by atoms with Crippen molar-refractivity contribution in [1.29, 1.82) is 0 Å². The van der Waals surface area contributed by atoms with Crippen LogP contribution in [0.2, 0.25) is 5.02 Å². The molecule has 0 saturated carbocycles. The zero-order valence-electron chi connectivity index (χ0n) is 13.3. The van der Waals surface area contributed by atoms with E-state index >= 15 is 0 Å². The van der Waals surface area contributed by atoms with Gasteiger partial charge in [0.05, 0.1) is 0 Å². The predicted molar refractivity (Wildman–Crippen MR) is 93.8 cm³/mol. The van der Waals surface area contributed by atoms with Gasteiger partial charge in [-0.15, -0.1) is 0 Å². The van der Waals surface area contributed by atoms with Crippen molar-refractivity contribution in [3.63, 3.8) is 0 Å². The maximum Gasteiger partial charge on any atom is 0.242 e. The molecule has 1 unspecified atom stereocenters. The van der Waals surface area contributed by atoms with Crippen molar-refractivity contribution in [2.24, 2.45) is 0 Å². The summed E-state index contributed by atoms with van der Waals surface area (Å²) in [6.07, 6.45) is 0. The molecule has 0 spiro atoms. The van der Waals surface area contributed by atoms with Gasteiger partial charge in [-0.05, 0) is 30.7 Å². The van der Waals surface area contributed by atoms with Gasteiger partial charge in [0, 0.05) is 23.3 Å². The number of nitrogens with one attached hydrogen (secondary N) is 2. The SMILES string of the molecule is CC(Nc1ccc2c(c1)OCCO2)C(=O)NCc1ccccc1Cl. The first-order valence-electron chi connectivity index (χ1n) is 7.81. The number of rotatable bonds is 5. The molecule has 1 atom stereocenters. The Morgan fingerprint density at radius 1 is 1.17 bits per heavy atom. The van der Waals surface area contributed by atoms with Crippen LogP contribution in [-0.2, 0) is 11.3 Å². The third kappa shape index (κ3) is 3.92. The number of ether oxygens (including phenoxy) is 2. The summed E-state index contributed by atoms with van der Waals surface area (Å²) in [5, 5.41) is 6.69. The van der Waals surface area contributed by atoms with E-state index in [1.807, 2.05) is 36.4 Å². The summed E-state index contributed by atoms with van der Waals surface area (Å²) in [6, 6.07) is 12.6. The lowest BCUT2D eigenvalue weighted by Crippen LogP contribution is -2.37. The van der Waals surface area contributed by atoms with E-state index in [1.54, 1.807) is 13.0 Å². The zero-order valence-corrected chi connectivity index (χ0v) is 14.1. The van der Waals surface area contributed by atoms with Gasteiger partial charge in [-0.3, -0.25) is 4.79 Å². The molecule has 1 heterocycles. The zero-order chi connectivity index (χ0) is 16.9. The van der Waals surface area contributed by atoms with Crippen molar-refractivity contribution in [2.45, 2.75) is 19.5 Å². The average molecular weight is 347 g/mol. The van der Waals surface area contributed by atoms with E-state index in [2.05, 4.69) is 10.6 Å². The van der Waals surface area contributed by atoms with E-state index < -0.39 is 6.04 Å². The van der Waals surface area contributed by atoms with Crippen LogP contribution in [0.4, 0.5) is 5.69 Å². The van der Waals surface area contributed by atoms with Crippen molar-refractivity contribution in [1.82, 2.24) is 5.32 Å². The third-order valence-electron chi connectivity index (χ3n) is 3.73. The standard InChI is InChI=1S/C18H19ClN2O3/c1-12(18(22)20-11-13-4-2-3-5-15(13)19)21-14-6-7-16-17(10-14)24-9-8-23-16/h2-7,10,12,21H,8-9,11H2,1H3,(H,20,22). The van der Waals surface area contributed by atoms with Gasteiger partial charge in [0.15, 0.2) is 11.5 Å². The van der Waals surface area contributed by atoms with Gasteiger partial charge in [0.2, 0.25) is 5.91 Å². The molecule has 24 heavy (non-hydrogen) atoms. The van der Waals surface area contributed by atoms with E-state index in [1.165, 1.54) is 0 Å². The Hall–Kier alpha value is -2.40. The minimum absolute atomic E-state index is 0.107. The largest absolute Gasteiger partial charge is 0.486 e. The summed E-state index contributed by atoms with van der Waals surface area (Å²) in [4.78, 5) is 12.2. The molecule has 126 valence electrons. The van der Waals surface area contributed by atoms with Gasteiger partial charge in [-0.25, -0.2) is 0 Å². The smallest absolute Gasteiger partial charge is 0.242 e. The number of fused-ring (bicyclic) bond motifs is 1. The highest BCUT2D eigenvalue weighted by Crippen LogP contribution is 2.32. The van der Waals surface area contributed by atoms with E-state index in [9.17, 15) is 4.79 Å². The molecule has 1 amide bonds. The number of benzene rings is 2. The molecule has 0 aromatic heterocycles. The lowest BCUT2D eigenvalue weighted by Gasteiger charge is -2.20. The van der Waals surface area contributed by atoms with Crippen LogP contribution < -0.4 is 20.1 Å². The topological polar surface area (TPSA) is 59.6 Å². The van der Waals surface area contributed by atoms with Crippen LogP contribution in [0.5, 0.6) is 11.5 Å². The van der Waals surface area contributed by atoms with Crippen LogP contribution in [0.15, 0.2) is 42.5 Å². The highest BCUT2D eigenvalue weighted by atomic mass is 35.5. The van der Waals surface area contributed by atoms with Crippen molar-refractivity contribution < 1.29 is 14.3 Å². The number of carbonyl (C=O) groups is 1. The van der Waals surface area contributed by atoms with E-state index in [-0.39, 0.29) is 5.91 Å². The summed E-state index contributed by atoms with van der Waals surface area (Å²) in [6.45, 7) is 3.29. The summed E-state index contributed by atoms with van der Waals surface area (Å²) >= 11 is 6.09. The van der Waals surface area contributed by atoms with E-state index in [0.29, 0.717) is 30.5 Å². The molecule has 1 aliphatic heterocycles. The molecule has 2 N–H and O–H groups in total. The van der Waals surface area contributed by atoms with Gasteiger partial charge in [-0.1, -0.05) is 29.8 Å². The summed E-state index contributed by atoms with van der Waals surface area (Å²) in [5.74, 6) is 1.31. The fraction of sp³-hybridized carbons (Fsp3) is 0.278. The fourth-order valence-electron chi connectivity index (χ4n) is 2.43. The van der Waals surface area contributed by atoms with Crippen molar-refractivity contribution in [3.8, 4) is 11.5 Å². The molecule has 6 heteroatoms. The second kappa shape index (κ2) is 7.45. The molecule has 0 radical (unpaired) electrons. The van der Waals surface area contributed by atoms with Gasteiger partial charge in [0.25, 0.3) is 0 Å². The minimum atomic E-state index is -0.393. The number of amides is 1. The van der Waals surface area contributed by atoms with Crippen LogP contribution >= 0.6 is 11.6 Å². The van der Waals surface area contributed by atoms with Crippen molar-refractivity contribution in [2.75, 3.05) is 18.5 Å². The monoisotopic (exact) mass is 346 g/mol. The molecule has 5 nitrogen and oxygen atoms in total. The Kier molecular flexibility index (Phi) is 5.11. The van der Waals surface area contributed by atoms with Crippen molar-refractivity contribution >= 4 is 23.2 Å². The molecular formula is C18H19ClN2O3. The first-order valence-corrected chi connectivity index (χ1v) is 8.18. The normalized spacial score (nSPS) is 13.9. The quantitative estimate of drug-likeness (QED) is 0.872. The molecule has 2 aromatic rings. The Morgan fingerprint density at radius 2 is 1.92 bits per heavy atom. The van der Waals surface area contributed by atoms with E-state index in [4.69, 9.17) is 21.1 Å². The second-order valence-corrected chi connectivity index (χ2v) is 5.94. The van der Waals surface area contributed by atoms with Gasteiger partial charge >= 0.3 is 0 Å². The van der Waals surface area contributed by atoms with Gasteiger partial charge in [0.1, 0.15) is 19.3 Å². The summed E-state index contributed by atoms with van der Waals surface area (Å²) in [5.41, 5.74) is 1.69. The van der Waals surface area contributed by atoms with Crippen LogP contribution in [0.3, 0.4) is 0 Å². The number of anilines is 1. The molecule has 1 aliphatic rings. The Morgan fingerprint density at radius 3 is 2.71 bits per heavy atom. The minimum Gasteiger partial charge on any atom is -0.486 e. The molecular weight excluding hydrogens is 328 g/mol. The average Bonchev–Trinajstić information content (AvgIpc) is 2.60. The van der Waals surface area contributed by atoms with Crippen molar-refractivity contribution in [3.05, 3.63) is 53.1 Å². The number of carbonyl (C=O) groups excluding carboxylic acids is 1. The molecule has 0 saturated heterocycles. The molecule has 0 bridgehead atoms. The highest BCUT2D eigenvalue weighted by Gasteiger charge is 2.16. The molecule has 3 rings (SSSR count). The number of hydrogen-bond donors (Lipinski definition) is 2. The van der Waals surface area contributed by atoms with Crippen LogP contribution in [0.1, 0.15) is 12.5 Å². The third-order valence-corrected chi connectivity index (χ3v) is 4.10. The molecule has 0 aliphatic carbocycles. The van der Waals surface area contributed by atoms with E-state index in [0.717, 1.165) is 17.0 Å². The summed E-state index contributed by atoms with van der Waals surface area (Å²) < 4.78 is 11.0. The molecule has 0 fully saturated rings. The lowest BCUT2D eigenvalue weighted by molar-refractivity contribution is -0.121. The fourth-order valence-corrected chi connectivity index (χ4v) is 2.63. The Labute approximate surface area is 145 Å². The number of hydrogen-bond acceptors (Lipinski definition) is 4. The number of halogens is 1. The predicted octanol–water partition coefficient (Wildman–Crippen LogP) is 3.23. The molecule has 2 aromatic carbocycles. The maximum absolute atomic E-state index is 12.2. The first-order chi connectivity index (χ1) is 11.6. The first kappa shape index (κ1) is 16.5. The van der Waals surface area contributed by atoms with Crippen LogP contribution in [-0.4, -0.2) is 25.2 Å². The van der Waals surface area contributed by atoms with Crippen LogP contribution in [0.25, 0.3) is 0 Å². The van der Waals surface area contributed by atoms with Gasteiger partial charge < -0.3 is 20.1 Å². The lowest BCUT2D eigenvalue weighted by atomic mass is 10.2. The maximum atomic E-state index is 12.2. The van der Waals surface area contributed by atoms with Crippen LogP contribution in [0, 0.1) is 0 Å². The Bertz CT molecular complexity index is 736.